The molecule has 0 aromatic carbocycles. The van der Waals surface area contributed by atoms with Crippen molar-refractivity contribution in [3.8, 4) is 0 Å². The Balaban J connectivity index is 2.97. The Labute approximate surface area is 125 Å². The molecule has 1 aliphatic rings. The molecule has 0 amide bonds. The predicted molar refractivity (Wildman–Crippen MR) is 86.0 cm³/mol. The minimum absolute atomic E-state index is 0.130. The average molecular weight is 282 g/mol. The topological polar surface area (TPSA) is 18.5 Å². The van der Waals surface area contributed by atoms with Gasteiger partial charge < -0.3 is 9.47 Å². The zero-order chi connectivity index (χ0) is 15.6. The Hall–Kier alpha value is -0.340. The van der Waals surface area contributed by atoms with E-state index < -0.39 is 0 Å². The zero-order valence-corrected chi connectivity index (χ0v) is 14.7. The van der Waals surface area contributed by atoms with Gasteiger partial charge >= 0.3 is 0 Å². The highest BCUT2D eigenvalue weighted by atomic mass is 16.6. The van der Waals surface area contributed by atoms with Crippen LogP contribution in [-0.2, 0) is 9.47 Å². The van der Waals surface area contributed by atoms with Crippen LogP contribution in [0.2, 0.25) is 0 Å². The number of rotatable bonds is 2. The normalized spacial score (nSPS) is 29.6. The van der Waals surface area contributed by atoms with E-state index in [1.165, 1.54) is 12.0 Å². The van der Waals surface area contributed by atoms with E-state index in [1.807, 2.05) is 0 Å². The first-order valence-electron chi connectivity index (χ1n) is 7.99. The molecule has 0 saturated heterocycles. The molecule has 3 unspecified atom stereocenters. The maximum atomic E-state index is 6.38. The van der Waals surface area contributed by atoms with Crippen LogP contribution >= 0.6 is 0 Å². The van der Waals surface area contributed by atoms with Crippen LogP contribution in [0.15, 0.2) is 11.6 Å². The summed E-state index contributed by atoms with van der Waals surface area (Å²) in [6.07, 6.45) is 5.96. The molecule has 0 fully saturated rings. The highest BCUT2D eigenvalue weighted by Gasteiger charge is 2.35. The maximum absolute atomic E-state index is 6.38. The van der Waals surface area contributed by atoms with Gasteiger partial charge in [0, 0.05) is 0 Å². The Kier molecular flexibility index (Phi) is 5.86. The summed E-state index contributed by atoms with van der Waals surface area (Å²) < 4.78 is 12.7. The molecule has 118 valence electrons. The molecule has 0 aromatic heterocycles. The first-order chi connectivity index (χ1) is 8.98. The van der Waals surface area contributed by atoms with Gasteiger partial charge in [-0.3, -0.25) is 0 Å². The van der Waals surface area contributed by atoms with Crippen molar-refractivity contribution in [2.45, 2.75) is 98.1 Å². The van der Waals surface area contributed by atoms with E-state index in [9.17, 15) is 0 Å². The molecule has 0 bridgehead atoms. The zero-order valence-electron chi connectivity index (χ0n) is 14.7. The minimum atomic E-state index is -0.136. The van der Waals surface area contributed by atoms with Crippen LogP contribution < -0.4 is 0 Å². The third-order valence-corrected chi connectivity index (χ3v) is 3.56. The second-order valence-electron chi connectivity index (χ2n) is 8.27. The van der Waals surface area contributed by atoms with Gasteiger partial charge in [0.2, 0.25) is 0 Å². The molecule has 0 aromatic rings. The van der Waals surface area contributed by atoms with Gasteiger partial charge in [-0.15, -0.1) is 0 Å². The Morgan fingerprint density at radius 1 is 1.00 bits per heavy atom. The number of allylic oxidation sites excluding steroid dienone is 1. The van der Waals surface area contributed by atoms with E-state index in [2.05, 4.69) is 61.5 Å². The molecule has 0 N–H and O–H groups in total. The van der Waals surface area contributed by atoms with Crippen molar-refractivity contribution >= 4 is 0 Å². The van der Waals surface area contributed by atoms with Crippen molar-refractivity contribution in [2.24, 2.45) is 5.92 Å². The van der Waals surface area contributed by atoms with E-state index in [4.69, 9.17) is 9.47 Å². The Morgan fingerprint density at radius 3 is 2.05 bits per heavy atom. The van der Waals surface area contributed by atoms with Gasteiger partial charge in [0.1, 0.15) is 0 Å². The van der Waals surface area contributed by atoms with Crippen molar-refractivity contribution in [2.75, 3.05) is 0 Å². The van der Waals surface area contributed by atoms with E-state index in [1.54, 1.807) is 0 Å². The lowest BCUT2D eigenvalue weighted by molar-refractivity contribution is -0.178. The molecule has 0 heterocycles. The van der Waals surface area contributed by atoms with Crippen LogP contribution in [0.1, 0.15) is 74.7 Å². The third kappa shape index (κ3) is 6.41. The molecule has 20 heavy (non-hydrogen) atoms. The molecule has 2 nitrogen and oxygen atoms in total. The molecule has 0 radical (unpaired) electrons. The number of hydrogen-bond donors (Lipinski definition) is 0. The van der Waals surface area contributed by atoms with Gasteiger partial charge in [0.25, 0.3) is 0 Å². The van der Waals surface area contributed by atoms with Gasteiger partial charge in [-0.25, -0.2) is 0 Å². The van der Waals surface area contributed by atoms with E-state index in [-0.39, 0.29) is 23.4 Å². The SMILES string of the molecule is CC1=CCCC(C)C(OC(C)(C)C)C(OC(C)(C)C)C1. The summed E-state index contributed by atoms with van der Waals surface area (Å²) in [5.41, 5.74) is 1.16. The first kappa shape index (κ1) is 17.7. The second kappa shape index (κ2) is 6.62. The lowest BCUT2D eigenvalue weighted by Gasteiger charge is -2.40. The highest BCUT2D eigenvalue weighted by molar-refractivity contribution is 5.04. The number of hydrogen-bond acceptors (Lipinski definition) is 2. The molecule has 3 atom stereocenters. The third-order valence-electron chi connectivity index (χ3n) is 3.56. The van der Waals surface area contributed by atoms with E-state index >= 15 is 0 Å². The summed E-state index contributed by atoms with van der Waals surface area (Å²) in [5.74, 6) is 0.519. The van der Waals surface area contributed by atoms with Gasteiger partial charge in [-0.2, -0.15) is 0 Å². The predicted octanol–water partition coefficient (Wildman–Crippen LogP) is 5.12. The largest absolute Gasteiger partial charge is 0.370 e. The average Bonchev–Trinajstić information content (AvgIpc) is 2.20. The van der Waals surface area contributed by atoms with Crippen LogP contribution in [0.5, 0.6) is 0 Å². The van der Waals surface area contributed by atoms with Gasteiger partial charge in [0.15, 0.2) is 0 Å². The van der Waals surface area contributed by atoms with Crippen molar-refractivity contribution in [1.82, 2.24) is 0 Å². The molecular formula is C18H34O2. The fourth-order valence-corrected chi connectivity index (χ4v) is 2.80. The summed E-state index contributed by atoms with van der Waals surface area (Å²) in [6, 6.07) is 0. The van der Waals surface area contributed by atoms with Crippen molar-refractivity contribution in [1.29, 1.82) is 0 Å². The van der Waals surface area contributed by atoms with Crippen LogP contribution in [-0.4, -0.2) is 23.4 Å². The Bertz CT molecular complexity index is 330. The molecule has 1 rings (SSSR count). The minimum Gasteiger partial charge on any atom is -0.370 e. The fraction of sp³-hybridized carbons (Fsp3) is 0.889. The lowest BCUT2D eigenvalue weighted by atomic mass is 9.87. The van der Waals surface area contributed by atoms with Crippen molar-refractivity contribution < 1.29 is 9.47 Å². The van der Waals surface area contributed by atoms with Crippen LogP contribution in [0.3, 0.4) is 0 Å². The van der Waals surface area contributed by atoms with Crippen LogP contribution in [0.25, 0.3) is 0 Å². The van der Waals surface area contributed by atoms with Gasteiger partial charge in [-0.05, 0) is 73.6 Å². The summed E-state index contributed by atoms with van der Waals surface area (Å²) in [7, 11) is 0. The standard InChI is InChI=1S/C18H34O2/c1-13-10-9-11-14(2)16(20-18(6,7)8)15(12-13)19-17(3,4)5/h10,14-16H,9,11-12H2,1-8H3. The van der Waals surface area contributed by atoms with Gasteiger partial charge in [0.05, 0.1) is 23.4 Å². The first-order valence-corrected chi connectivity index (χ1v) is 7.99. The van der Waals surface area contributed by atoms with E-state index in [0.29, 0.717) is 5.92 Å². The monoisotopic (exact) mass is 282 g/mol. The summed E-state index contributed by atoms with van der Waals surface area (Å²) in [4.78, 5) is 0. The molecule has 0 saturated carbocycles. The maximum Gasteiger partial charge on any atom is 0.0883 e. The fourth-order valence-electron chi connectivity index (χ4n) is 2.80. The quantitative estimate of drug-likeness (QED) is 0.654. The van der Waals surface area contributed by atoms with Crippen LogP contribution in [0.4, 0.5) is 0 Å². The molecule has 0 aliphatic heterocycles. The number of ether oxygens (including phenoxy) is 2. The Morgan fingerprint density at radius 2 is 1.55 bits per heavy atom. The molecular weight excluding hydrogens is 248 g/mol. The highest BCUT2D eigenvalue weighted by Crippen LogP contribution is 2.32. The van der Waals surface area contributed by atoms with Crippen molar-refractivity contribution in [3.63, 3.8) is 0 Å². The smallest absolute Gasteiger partial charge is 0.0883 e. The second-order valence-corrected chi connectivity index (χ2v) is 8.27. The molecule has 2 heteroatoms. The molecule has 0 spiro atoms. The summed E-state index contributed by atoms with van der Waals surface area (Å²) >= 11 is 0. The van der Waals surface area contributed by atoms with E-state index in [0.717, 1.165) is 12.8 Å². The van der Waals surface area contributed by atoms with Crippen molar-refractivity contribution in [3.05, 3.63) is 11.6 Å². The summed E-state index contributed by atoms with van der Waals surface area (Å²) in [5, 5.41) is 0. The lowest BCUT2D eigenvalue weighted by Crippen LogP contribution is -2.45. The molecule has 1 aliphatic carbocycles. The van der Waals surface area contributed by atoms with Crippen LogP contribution in [0, 0.1) is 5.92 Å². The summed E-state index contributed by atoms with van der Waals surface area (Å²) in [6.45, 7) is 17.3. The van der Waals surface area contributed by atoms with Gasteiger partial charge in [-0.1, -0.05) is 18.6 Å².